The van der Waals surface area contributed by atoms with E-state index in [1.165, 1.54) is 4.31 Å². The van der Waals surface area contributed by atoms with Crippen molar-refractivity contribution < 1.29 is 17.9 Å². The molecule has 1 atom stereocenters. The average molecular weight is 403 g/mol. The molecular formula is C21H26N2O4S. The number of ether oxygens (including phenoxy) is 1. The second-order valence-corrected chi connectivity index (χ2v) is 8.93. The standard InChI is InChI=1S/C21H26N2O4S/c1-16-5-9-18(10-6-16)27-15-13-22-21(24)20-4-3-14-23(20)28(25,26)19-11-7-17(2)8-12-19/h5-12,20H,3-4,13-15H2,1-2H3,(H,22,24). The van der Waals surface area contributed by atoms with E-state index >= 15 is 0 Å². The van der Waals surface area contributed by atoms with Gasteiger partial charge in [-0.3, -0.25) is 4.79 Å². The molecule has 28 heavy (non-hydrogen) atoms. The van der Waals surface area contributed by atoms with Crippen LogP contribution in [0.5, 0.6) is 5.75 Å². The Bertz CT molecular complexity index is 908. The molecule has 1 fully saturated rings. The van der Waals surface area contributed by atoms with Gasteiger partial charge >= 0.3 is 0 Å². The summed E-state index contributed by atoms with van der Waals surface area (Å²) in [7, 11) is -3.69. The van der Waals surface area contributed by atoms with Gasteiger partial charge < -0.3 is 10.1 Å². The third-order valence-corrected chi connectivity index (χ3v) is 6.75. The summed E-state index contributed by atoms with van der Waals surface area (Å²) in [5.41, 5.74) is 2.14. The molecule has 2 aromatic carbocycles. The molecule has 1 heterocycles. The first kappa shape index (κ1) is 20.4. The summed E-state index contributed by atoms with van der Waals surface area (Å²) in [4.78, 5) is 12.8. The Hall–Kier alpha value is -2.38. The van der Waals surface area contributed by atoms with Crippen LogP contribution in [0.25, 0.3) is 0 Å². The van der Waals surface area contributed by atoms with Crippen LogP contribution in [0.1, 0.15) is 24.0 Å². The number of sulfonamides is 1. The first-order valence-corrected chi connectivity index (χ1v) is 10.9. The van der Waals surface area contributed by atoms with E-state index < -0.39 is 16.1 Å². The predicted molar refractivity (Wildman–Crippen MR) is 108 cm³/mol. The summed E-state index contributed by atoms with van der Waals surface area (Å²) in [5, 5.41) is 2.80. The van der Waals surface area contributed by atoms with Gasteiger partial charge in [-0.1, -0.05) is 35.4 Å². The van der Waals surface area contributed by atoms with Crippen molar-refractivity contribution in [1.82, 2.24) is 9.62 Å². The second-order valence-electron chi connectivity index (χ2n) is 7.04. The monoisotopic (exact) mass is 402 g/mol. The fourth-order valence-corrected chi connectivity index (χ4v) is 4.89. The average Bonchev–Trinajstić information content (AvgIpc) is 3.18. The van der Waals surface area contributed by atoms with Crippen molar-refractivity contribution in [3.05, 3.63) is 59.7 Å². The van der Waals surface area contributed by atoms with Gasteiger partial charge in [0, 0.05) is 6.54 Å². The van der Waals surface area contributed by atoms with Gasteiger partial charge in [0.25, 0.3) is 0 Å². The Balaban J connectivity index is 1.56. The number of rotatable bonds is 7. The maximum atomic E-state index is 12.9. The third-order valence-electron chi connectivity index (χ3n) is 4.82. The van der Waals surface area contributed by atoms with Gasteiger partial charge in [0.2, 0.25) is 15.9 Å². The molecule has 1 N–H and O–H groups in total. The maximum Gasteiger partial charge on any atom is 0.243 e. The van der Waals surface area contributed by atoms with Crippen LogP contribution < -0.4 is 10.1 Å². The fourth-order valence-electron chi connectivity index (χ4n) is 3.23. The van der Waals surface area contributed by atoms with E-state index in [2.05, 4.69) is 5.32 Å². The highest BCUT2D eigenvalue weighted by Crippen LogP contribution is 2.26. The number of carbonyl (C=O) groups is 1. The van der Waals surface area contributed by atoms with Crippen LogP contribution in [-0.4, -0.2) is 44.4 Å². The Morgan fingerprint density at radius 3 is 2.32 bits per heavy atom. The SMILES string of the molecule is Cc1ccc(OCCNC(=O)C2CCCN2S(=O)(=O)c2ccc(C)cc2)cc1. The number of aryl methyl sites for hydroxylation is 2. The summed E-state index contributed by atoms with van der Waals surface area (Å²) in [6.07, 6.45) is 1.19. The smallest absolute Gasteiger partial charge is 0.243 e. The molecule has 150 valence electrons. The second kappa shape index (κ2) is 8.75. The third kappa shape index (κ3) is 4.72. The zero-order valence-electron chi connectivity index (χ0n) is 16.2. The Morgan fingerprint density at radius 2 is 1.68 bits per heavy atom. The quantitative estimate of drug-likeness (QED) is 0.723. The largest absolute Gasteiger partial charge is 0.492 e. The molecule has 0 spiro atoms. The molecule has 0 aliphatic carbocycles. The van der Waals surface area contributed by atoms with E-state index in [1.54, 1.807) is 24.3 Å². The van der Waals surface area contributed by atoms with Gasteiger partial charge in [-0.15, -0.1) is 0 Å². The van der Waals surface area contributed by atoms with Gasteiger partial charge in [-0.25, -0.2) is 8.42 Å². The van der Waals surface area contributed by atoms with Gasteiger partial charge in [-0.05, 0) is 51.0 Å². The lowest BCUT2D eigenvalue weighted by Gasteiger charge is -2.23. The minimum Gasteiger partial charge on any atom is -0.492 e. The molecule has 0 aromatic heterocycles. The first-order valence-electron chi connectivity index (χ1n) is 9.43. The highest BCUT2D eigenvalue weighted by Gasteiger charge is 2.39. The van der Waals surface area contributed by atoms with E-state index in [1.807, 2.05) is 38.1 Å². The van der Waals surface area contributed by atoms with E-state index in [0.29, 0.717) is 32.5 Å². The Labute approximate surface area is 166 Å². The maximum absolute atomic E-state index is 12.9. The molecule has 7 heteroatoms. The van der Waals surface area contributed by atoms with Crippen LogP contribution in [0.15, 0.2) is 53.4 Å². The van der Waals surface area contributed by atoms with E-state index in [9.17, 15) is 13.2 Å². The van der Waals surface area contributed by atoms with Crippen molar-refractivity contribution in [2.75, 3.05) is 19.7 Å². The van der Waals surface area contributed by atoms with Gasteiger partial charge in [0.15, 0.2) is 0 Å². The minimum atomic E-state index is -3.69. The molecule has 1 amide bonds. The van der Waals surface area contributed by atoms with Gasteiger partial charge in [0.05, 0.1) is 11.4 Å². The molecule has 3 rings (SSSR count). The van der Waals surface area contributed by atoms with Crippen molar-refractivity contribution in [3.8, 4) is 5.75 Å². The number of carbonyl (C=O) groups excluding carboxylic acids is 1. The van der Waals surface area contributed by atoms with Crippen molar-refractivity contribution in [2.45, 2.75) is 37.6 Å². The van der Waals surface area contributed by atoms with Crippen molar-refractivity contribution in [1.29, 1.82) is 0 Å². The Kier molecular flexibility index (Phi) is 6.36. The lowest BCUT2D eigenvalue weighted by Crippen LogP contribution is -2.46. The highest BCUT2D eigenvalue weighted by molar-refractivity contribution is 7.89. The molecule has 6 nitrogen and oxygen atoms in total. The zero-order valence-corrected chi connectivity index (χ0v) is 17.0. The molecule has 1 saturated heterocycles. The summed E-state index contributed by atoms with van der Waals surface area (Å²) in [6.45, 7) is 4.91. The van der Waals surface area contributed by atoms with E-state index in [0.717, 1.165) is 16.9 Å². The summed E-state index contributed by atoms with van der Waals surface area (Å²) in [5.74, 6) is 0.463. The summed E-state index contributed by atoms with van der Waals surface area (Å²) >= 11 is 0. The van der Waals surface area contributed by atoms with Gasteiger partial charge in [0.1, 0.15) is 18.4 Å². The van der Waals surface area contributed by atoms with Crippen LogP contribution in [-0.2, 0) is 14.8 Å². The topological polar surface area (TPSA) is 75.7 Å². The number of hydrogen-bond acceptors (Lipinski definition) is 4. The van der Waals surface area contributed by atoms with Crippen molar-refractivity contribution in [3.63, 3.8) is 0 Å². The van der Waals surface area contributed by atoms with E-state index in [4.69, 9.17) is 4.74 Å². The number of hydrogen-bond donors (Lipinski definition) is 1. The van der Waals surface area contributed by atoms with Gasteiger partial charge in [-0.2, -0.15) is 4.31 Å². The highest BCUT2D eigenvalue weighted by atomic mass is 32.2. The van der Waals surface area contributed by atoms with E-state index in [-0.39, 0.29) is 10.8 Å². The van der Waals surface area contributed by atoms with Crippen molar-refractivity contribution >= 4 is 15.9 Å². The zero-order chi connectivity index (χ0) is 20.1. The van der Waals surface area contributed by atoms with Crippen molar-refractivity contribution in [2.24, 2.45) is 0 Å². The van der Waals surface area contributed by atoms with Crippen LogP contribution in [0.2, 0.25) is 0 Å². The Morgan fingerprint density at radius 1 is 1.07 bits per heavy atom. The molecular weight excluding hydrogens is 376 g/mol. The number of amides is 1. The summed E-state index contributed by atoms with van der Waals surface area (Å²) < 4.78 is 32.8. The van der Waals surface area contributed by atoms with Crippen LogP contribution in [0.4, 0.5) is 0 Å². The van der Waals surface area contributed by atoms with Crippen LogP contribution >= 0.6 is 0 Å². The number of nitrogens with zero attached hydrogens (tertiary/aromatic N) is 1. The normalized spacial score (nSPS) is 17.4. The summed E-state index contributed by atoms with van der Waals surface area (Å²) in [6, 6.07) is 13.7. The minimum absolute atomic E-state index is 0.223. The molecule has 0 radical (unpaired) electrons. The lowest BCUT2D eigenvalue weighted by molar-refractivity contribution is -0.124. The fraction of sp³-hybridized carbons (Fsp3) is 0.381. The molecule has 2 aromatic rings. The lowest BCUT2D eigenvalue weighted by atomic mass is 10.2. The number of nitrogens with one attached hydrogen (secondary N) is 1. The first-order chi connectivity index (χ1) is 13.4. The van der Waals surface area contributed by atoms with Crippen LogP contribution in [0, 0.1) is 13.8 Å². The molecule has 1 unspecified atom stereocenters. The molecule has 1 aliphatic heterocycles. The predicted octanol–water partition coefficient (Wildman–Crippen LogP) is 2.65. The molecule has 0 saturated carbocycles. The number of benzene rings is 2. The molecule has 1 aliphatic rings. The van der Waals surface area contributed by atoms with Crippen LogP contribution in [0.3, 0.4) is 0 Å². The molecule has 0 bridgehead atoms.